The number of ether oxygens (including phenoxy) is 1. The predicted molar refractivity (Wildman–Crippen MR) is 65.9 cm³/mol. The molecule has 0 aromatic carbocycles. The molecule has 1 saturated heterocycles. The molecule has 1 aliphatic heterocycles. The highest BCUT2D eigenvalue weighted by atomic mass is 16.5. The molecule has 0 saturated carbocycles. The fourth-order valence-corrected chi connectivity index (χ4v) is 2.63. The topological polar surface area (TPSA) is 9.23 Å². The van der Waals surface area contributed by atoms with Crippen LogP contribution >= 0.6 is 0 Å². The molecule has 1 heterocycles. The lowest BCUT2D eigenvalue weighted by molar-refractivity contribution is -0.00249. The van der Waals surface area contributed by atoms with Crippen LogP contribution in [0.2, 0.25) is 0 Å². The van der Waals surface area contributed by atoms with Crippen molar-refractivity contribution in [3.05, 3.63) is 0 Å². The second-order valence-electron chi connectivity index (χ2n) is 6.23. The first-order chi connectivity index (χ1) is 6.91. The fourth-order valence-electron chi connectivity index (χ4n) is 2.63. The summed E-state index contributed by atoms with van der Waals surface area (Å²) in [5.41, 5.74) is 0. The van der Waals surface area contributed by atoms with E-state index in [1.165, 1.54) is 12.8 Å². The van der Waals surface area contributed by atoms with E-state index in [1.54, 1.807) is 0 Å². The Morgan fingerprint density at radius 1 is 1.00 bits per heavy atom. The van der Waals surface area contributed by atoms with Crippen LogP contribution in [0.5, 0.6) is 0 Å². The van der Waals surface area contributed by atoms with Gasteiger partial charge in [0.15, 0.2) is 0 Å². The summed E-state index contributed by atoms with van der Waals surface area (Å²) in [5, 5.41) is 0. The van der Waals surface area contributed by atoms with Crippen LogP contribution in [0, 0.1) is 23.7 Å². The van der Waals surface area contributed by atoms with Crippen LogP contribution in [-0.2, 0) is 4.74 Å². The van der Waals surface area contributed by atoms with E-state index < -0.39 is 0 Å². The van der Waals surface area contributed by atoms with Gasteiger partial charge in [0.1, 0.15) is 0 Å². The Bertz CT molecular complexity index is 184. The van der Waals surface area contributed by atoms with E-state index in [9.17, 15) is 0 Å². The Labute approximate surface area is 95.6 Å². The normalized spacial score (nSPS) is 32.2. The monoisotopic (exact) mass is 212 g/mol. The highest BCUT2D eigenvalue weighted by Crippen LogP contribution is 2.37. The maximum Gasteiger partial charge on any atom is 0.0613 e. The lowest BCUT2D eigenvalue weighted by Crippen LogP contribution is -2.22. The molecular weight excluding hydrogens is 184 g/mol. The van der Waals surface area contributed by atoms with Crippen LogP contribution in [-0.4, -0.2) is 12.2 Å². The van der Waals surface area contributed by atoms with Crippen LogP contribution in [0.1, 0.15) is 54.4 Å². The average molecular weight is 212 g/mol. The molecule has 0 radical (unpaired) electrons. The average Bonchev–Trinajstić information content (AvgIpc) is 2.46. The first-order valence-electron chi connectivity index (χ1n) is 6.57. The molecule has 0 aromatic rings. The largest absolute Gasteiger partial charge is 0.374 e. The fraction of sp³-hybridized carbons (Fsp3) is 1.00. The Hall–Kier alpha value is -0.0400. The van der Waals surface area contributed by atoms with Gasteiger partial charge in [0.25, 0.3) is 0 Å². The quantitative estimate of drug-likeness (QED) is 0.681. The third-order valence-corrected chi connectivity index (χ3v) is 3.64. The molecule has 1 aliphatic rings. The third kappa shape index (κ3) is 3.48. The van der Waals surface area contributed by atoms with Gasteiger partial charge >= 0.3 is 0 Å². The summed E-state index contributed by atoms with van der Waals surface area (Å²) < 4.78 is 6.21. The van der Waals surface area contributed by atoms with E-state index in [-0.39, 0.29) is 0 Å². The lowest BCUT2D eigenvalue weighted by atomic mass is 9.83. The Morgan fingerprint density at radius 3 is 2.00 bits per heavy atom. The van der Waals surface area contributed by atoms with E-state index in [1.807, 2.05) is 0 Å². The van der Waals surface area contributed by atoms with Gasteiger partial charge in [0.2, 0.25) is 0 Å². The van der Waals surface area contributed by atoms with Crippen molar-refractivity contribution >= 4 is 0 Å². The van der Waals surface area contributed by atoms with Crippen LogP contribution in [0.25, 0.3) is 0 Å². The second-order valence-corrected chi connectivity index (χ2v) is 6.23. The minimum absolute atomic E-state index is 0.501. The lowest BCUT2D eigenvalue weighted by Gasteiger charge is -2.23. The summed E-state index contributed by atoms with van der Waals surface area (Å²) in [7, 11) is 0. The predicted octanol–water partition coefficient (Wildman–Crippen LogP) is 4.12. The highest BCUT2D eigenvalue weighted by Gasteiger charge is 2.37. The Kier molecular flexibility index (Phi) is 4.64. The standard InChI is InChI=1S/C14H28O/c1-9(2)7-14-12(10(3)4)8-13(15-14)11(5)6/h9-14H,7-8H2,1-6H3. The number of hydrogen-bond donors (Lipinski definition) is 0. The van der Waals surface area contributed by atoms with E-state index in [0.29, 0.717) is 18.1 Å². The van der Waals surface area contributed by atoms with Gasteiger partial charge in [-0.15, -0.1) is 0 Å². The number of rotatable bonds is 4. The van der Waals surface area contributed by atoms with E-state index in [2.05, 4.69) is 41.5 Å². The van der Waals surface area contributed by atoms with E-state index in [4.69, 9.17) is 4.74 Å². The van der Waals surface area contributed by atoms with Crippen LogP contribution < -0.4 is 0 Å². The molecule has 15 heavy (non-hydrogen) atoms. The molecule has 0 bridgehead atoms. The van der Waals surface area contributed by atoms with Crippen molar-refractivity contribution in [2.75, 3.05) is 0 Å². The molecule has 1 fully saturated rings. The smallest absolute Gasteiger partial charge is 0.0613 e. The highest BCUT2D eigenvalue weighted by molar-refractivity contribution is 4.86. The van der Waals surface area contributed by atoms with Gasteiger partial charge in [0.05, 0.1) is 12.2 Å². The maximum absolute atomic E-state index is 6.21. The van der Waals surface area contributed by atoms with Crippen molar-refractivity contribution in [2.24, 2.45) is 23.7 Å². The van der Waals surface area contributed by atoms with Crippen molar-refractivity contribution in [2.45, 2.75) is 66.6 Å². The van der Waals surface area contributed by atoms with Gasteiger partial charge in [-0.05, 0) is 36.5 Å². The summed E-state index contributed by atoms with van der Waals surface area (Å²) in [6, 6.07) is 0. The van der Waals surface area contributed by atoms with E-state index >= 15 is 0 Å². The van der Waals surface area contributed by atoms with Gasteiger partial charge in [-0.1, -0.05) is 41.5 Å². The van der Waals surface area contributed by atoms with E-state index in [0.717, 1.165) is 17.8 Å². The SMILES string of the molecule is CC(C)CC1OC(C(C)C)CC1C(C)C. The molecule has 1 nitrogen and oxygen atoms in total. The Morgan fingerprint density at radius 2 is 1.60 bits per heavy atom. The summed E-state index contributed by atoms with van der Waals surface area (Å²) in [6.07, 6.45) is 3.51. The first kappa shape index (κ1) is 13.0. The molecule has 1 rings (SSSR count). The molecule has 3 unspecified atom stereocenters. The maximum atomic E-state index is 6.21. The van der Waals surface area contributed by atoms with Crippen LogP contribution in [0.3, 0.4) is 0 Å². The van der Waals surface area contributed by atoms with Crippen molar-refractivity contribution in [3.8, 4) is 0 Å². The van der Waals surface area contributed by atoms with Gasteiger partial charge < -0.3 is 4.74 Å². The third-order valence-electron chi connectivity index (χ3n) is 3.64. The van der Waals surface area contributed by atoms with Crippen molar-refractivity contribution in [3.63, 3.8) is 0 Å². The molecular formula is C14H28O. The summed E-state index contributed by atoms with van der Waals surface area (Å²) in [5.74, 6) is 2.96. The van der Waals surface area contributed by atoms with Gasteiger partial charge in [-0.2, -0.15) is 0 Å². The molecule has 0 aromatic heterocycles. The van der Waals surface area contributed by atoms with Gasteiger partial charge in [-0.3, -0.25) is 0 Å². The van der Waals surface area contributed by atoms with Crippen molar-refractivity contribution < 1.29 is 4.74 Å². The molecule has 0 spiro atoms. The molecule has 0 N–H and O–H groups in total. The molecule has 0 aliphatic carbocycles. The summed E-state index contributed by atoms with van der Waals surface area (Å²) in [4.78, 5) is 0. The molecule has 1 heteroatoms. The molecule has 0 amide bonds. The zero-order chi connectivity index (χ0) is 11.6. The van der Waals surface area contributed by atoms with Crippen molar-refractivity contribution in [1.29, 1.82) is 0 Å². The minimum Gasteiger partial charge on any atom is -0.374 e. The Balaban J connectivity index is 2.59. The first-order valence-corrected chi connectivity index (χ1v) is 6.57. The molecule has 90 valence electrons. The van der Waals surface area contributed by atoms with Crippen molar-refractivity contribution in [1.82, 2.24) is 0 Å². The summed E-state index contributed by atoms with van der Waals surface area (Å²) in [6.45, 7) is 13.8. The second kappa shape index (κ2) is 5.34. The molecule has 3 atom stereocenters. The van der Waals surface area contributed by atoms with Crippen LogP contribution in [0.4, 0.5) is 0 Å². The number of hydrogen-bond acceptors (Lipinski definition) is 1. The minimum atomic E-state index is 0.501. The van der Waals surface area contributed by atoms with Gasteiger partial charge in [0, 0.05) is 0 Å². The van der Waals surface area contributed by atoms with Gasteiger partial charge in [-0.25, -0.2) is 0 Å². The zero-order valence-corrected chi connectivity index (χ0v) is 11.3. The summed E-state index contributed by atoms with van der Waals surface area (Å²) >= 11 is 0. The zero-order valence-electron chi connectivity index (χ0n) is 11.3. The van der Waals surface area contributed by atoms with Crippen LogP contribution in [0.15, 0.2) is 0 Å².